The third-order valence-electron chi connectivity index (χ3n) is 7.43. The van der Waals surface area contributed by atoms with E-state index in [2.05, 4.69) is 5.10 Å². The van der Waals surface area contributed by atoms with Crippen LogP contribution in [0.1, 0.15) is 48.9 Å². The van der Waals surface area contributed by atoms with E-state index in [1.165, 1.54) is 35.4 Å². The van der Waals surface area contributed by atoms with Crippen molar-refractivity contribution in [1.29, 1.82) is 0 Å². The number of ether oxygens (including phenoxy) is 1. The van der Waals surface area contributed by atoms with Gasteiger partial charge in [0.1, 0.15) is 5.82 Å². The molecule has 12 heteroatoms. The zero-order chi connectivity index (χ0) is 29.5. The second-order valence-electron chi connectivity index (χ2n) is 10.6. The van der Waals surface area contributed by atoms with Crippen LogP contribution in [0.15, 0.2) is 48.7 Å². The number of anilines is 2. The lowest BCUT2D eigenvalue weighted by molar-refractivity contribution is -0.138. The van der Waals surface area contributed by atoms with Gasteiger partial charge in [-0.2, -0.15) is 17.9 Å². The first-order valence-corrected chi connectivity index (χ1v) is 13.5. The van der Waals surface area contributed by atoms with Gasteiger partial charge in [-0.1, -0.05) is 30.3 Å². The number of para-hydroxylation sites is 1. The Bertz CT molecular complexity index is 1430. The summed E-state index contributed by atoms with van der Waals surface area (Å²) in [6.45, 7) is 5.95. The fourth-order valence-corrected chi connectivity index (χ4v) is 5.54. The molecule has 2 aliphatic rings. The van der Waals surface area contributed by atoms with Crippen molar-refractivity contribution in [1.82, 2.24) is 14.7 Å². The van der Waals surface area contributed by atoms with Crippen LogP contribution in [0.5, 0.6) is 0 Å². The molecule has 0 unspecified atom stereocenters. The highest BCUT2D eigenvalue weighted by Gasteiger charge is 2.40. The van der Waals surface area contributed by atoms with Crippen LogP contribution >= 0.6 is 0 Å². The number of nitrogens with zero attached hydrogens (tertiary/aromatic N) is 5. The van der Waals surface area contributed by atoms with Gasteiger partial charge in [-0.3, -0.25) is 4.90 Å². The number of alkyl halides is 3. The number of benzene rings is 2. The Hall–Kier alpha value is -4.09. The Morgan fingerprint density at radius 1 is 1.10 bits per heavy atom. The van der Waals surface area contributed by atoms with E-state index >= 15 is 0 Å². The maximum Gasteiger partial charge on any atom is 0.434 e. The van der Waals surface area contributed by atoms with Gasteiger partial charge in [-0.15, -0.1) is 5.10 Å². The number of carbonyl (C=O) groups excluding carboxylic acids is 2. The van der Waals surface area contributed by atoms with E-state index in [9.17, 15) is 27.2 Å². The average Bonchev–Trinajstić information content (AvgIpc) is 3.34. The molecule has 0 N–H and O–H groups in total. The summed E-state index contributed by atoms with van der Waals surface area (Å²) in [5.41, 5.74) is 0.928. The summed E-state index contributed by atoms with van der Waals surface area (Å²) >= 11 is 0. The van der Waals surface area contributed by atoms with Crippen LogP contribution in [0.3, 0.4) is 0 Å². The summed E-state index contributed by atoms with van der Waals surface area (Å²) in [6.07, 6.45) is -3.26. The molecule has 0 radical (unpaired) electrons. The largest absolute Gasteiger partial charge is 0.445 e. The number of aromatic nitrogens is 2. The molecule has 2 aliphatic heterocycles. The summed E-state index contributed by atoms with van der Waals surface area (Å²) in [6, 6.07) is 9.26. The van der Waals surface area contributed by atoms with E-state index < -0.39 is 30.0 Å². The van der Waals surface area contributed by atoms with Crippen molar-refractivity contribution in [3.63, 3.8) is 0 Å². The minimum atomic E-state index is -4.62. The van der Waals surface area contributed by atoms with E-state index in [1.807, 2.05) is 17.9 Å². The Kier molecular flexibility index (Phi) is 7.67. The first kappa shape index (κ1) is 28.4. The number of aryl methyl sites for hydroxylation is 1. The lowest BCUT2D eigenvalue weighted by atomic mass is 10.00. The highest BCUT2D eigenvalue weighted by Crippen LogP contribution is 2.37. The first-order chi connectivity index (χ1) is 19.4. The van der Waals surface area contributed by atoms with Crippen LogP contribution in [-0.4, -0.2) is 52.0 Å². The second-order valence-corrected chi connectivity index (χ2v) is 10.6. The molecule has 0 bridgehead atoms. The molecule has 1 saturated heterocycles. The van der Waals surface area contributed by atoms with Crippen molar-refractivity contribution in [3.8, 4) is 0 Å². The van der Waals surface area contributed by atoms with Crippen LogP contribution < -0.4 is 9.80 Å². The molecule has 5 rings (SSSR count). The fourth-order valence-electron chi connectivity index (χ4n) is 5.54. The minimum absolute atomic E-state index is 0.0923. The van der Waals surface area contributed by atoms with Crippen LogP contribution in [0.25, 0.3) is 0 Å². The van der Waals surface area contributed by atoms with Gasteiger partial charge in [0.2, 0.25) is 0 Å². The smallest absolute Gasteiger partial charge is 0.434 e. The Morgan fingerprint density at radius 3 is 2.46 bits per heavy atom. The van der Waals surface area contributed by atoms with Gasteiger partial charge in [-0.05, 0) is 56.9 Å². The molecule has 0 aliphatic carbocycles. The molecule has 3 aromatic rings. The predicted molar refractivity (Wildman–Crippen MR) is 144 cm³/mol. The Morgan fingerprint density at radius 2 is 1.80 bits per heavy atom. The maximum atomic E-state index is 14.6. The van der Waals surface area contributed by atoms with E-state index in [-0.39, 0.29) is 36.3 Å². The zero-order valence-electron chi connectivity index (χ0n) is 23.0. The highest BCUT2D eigenvalue weighted by molar-refractivity contribution is 5.94. The third kappa shape index (κ3) is 5.73. The van der Waals surface area contributed by atoms with Crippen molar-refractivity contribution >= 4 is 23.6 Å². The van der Waals surface area contributed by atoms with Crippen molar-refractivity contribution in [2.45, 2.75) is 65.0 Å². The number of hydrogen-bond acceptors (Lipinski definition) is 5. The summed E-state index contributed by atoms with van der Waals surface area (Å²) < 4.78 is 62.2. The van der Waals surface area contributed by atoms with Crippen LogP contribution in [0.2, 0.25) is 0 Å². The lowest BCUT2D eigenvalue weighted by Crippen LogP contribution is -2.54. The van der Waals surface area contributed by atoms with Gasteiger partial charge in [-0.25, -0.2) is 14.0 Å². The minimum Gasteiger partial charge on any atom is -0.445 e. The molecule has 2 amide bonds. The normalized spacial score (nSPS) is 16.4. The fraction of sp³-hybridized carbons (Fsp3) is 0.414. The Labute approximate surface area is 235 Å². The molecule has 0 saturated carbocycles. The second kappa shape index (κ2) is 11.1. The molecular formula is C29H31F4N5O3. The first-order valence-electron chi connectivity index (χ1n) is 13.5. The van der Waals surface area contributed by atoms with Crippen molar-refractivity contribution in [3.05, 3.63) is 76.7 Å². The van der Waals surface area contributed by atoms with Gasteiger partial charge < -0.3 is 14.5 Å². The third-order valence-corrected chi connectivity index (χ3v) is 7.43. The monoisotopic (exact) mass is 573 g/mol. The maximum absolute atomic E-state index is 14.6. The van der Waals surface area contributed by atoms with Crippen LogP contribution in [0.4, 0.5) is 38.7 Å². The molecule has 8 nitrogen and oxygen atoms in total. The summed E-state index contributed by atoms with van der Waals surface area (Å²) in [5, 5.41) is 4.26. The highest BCUT2D eigenvalue weighted by atomic mass is 19.4. The van der Waals surface area contributed by atoms with E-state index in [0.29, 0.717) is 37.2 Å². The predicted octanol–water partition coefficient (Wildman–Crippen LogP) is 6.35. The van der Waals surface area contributed by atoms with Crippen molar-refractivity contribution in [2.24, 2.45) is 0 Å². The lowest BCUT2D eigenvalue weighted by Gasteiger charge is -2.43. The summed E-state index contributed by atoms with van der Waals surface area (Å²) in [7, 11) is 0. The number of piperidine rings is 1. The quantitative estimate of drug-likeness (QED) is 0.333. The molecular weight excluding hydrogens is 542 g/mol. The molecule has 2 aromatic carbocycles. The van der Waals surface area contributed by atoms with Crippen LogP contribution in [0, 0.1) is 12.7 Å². The number of carbonyl (C=O) groups is 2. The summed E-state index contributed by atoms with van der Waals surface area (Å²) in [5.74, 6) is -0.194. The van der Waals surface area contributed by atoms with E-state index in [1.54, 1.807) is 24.8 Å². The number of fused-ring (bicyclic) bond motifs is 1. The number of urea groups is 1. The van der Waals surface area contributed by atoms with Gasteiger partial charge in [0.15, 0.2) is 5.82 Å². The standard InChI is InChI=1S/C29H31F4N5O3/c1-18(2)41-28(40)38-17-21-16-36(22-11-13-35(14-12-22)25-19(3)7-6-10-24(25)30)27(39)37(26(21)34-38)15-20-8-4-5-9-23(20)29(31,32)33/h4-10,17-18,22H,11-16H2,1-3H3. The number of amides is 2. The van der Waals surface area contributed by atoms with E-state index in [4.69, 9.17) is 4.74 Å². The van der Waals surface area contributed by atoms with Gasteiger partial charge >= 0.3 is 18.3 Å². The molecule has 41 heavy (non-hydrogen) atoms. The van der Waals surface area contributed by atoms with Crippen molar-refractivity contribution < 1.29 is 31.9 Å². The van der Waals surface area contributed by atoms with Gasteiger partial charge in [0, 0.05) is 30.9 Å². The number of hydrogen-bond donors (Lipinski definition) is 0. The number of rotatable bonds is 5. The average molecular weight is 574 g/mol. The zero-order valence-corrected chi connectivity index (χ0v) is 23.0. The van der Waals surface area contributed by atoms with Crippen molar-refractivity contribution in [2.75, 3.05) is 22.9 Å². The molecule has 218 valence electrons. The SMILES string of the molecule is Cc1cccc(F)c1N1CCC(N2Cc3cn(C(=O)OC(C)C)nc3N(Cc3ccccc3C(F)(F)F)C2=O)CC1. The van der Waals surface area contributed by atoms with Gasteiger partial charge in [0.25, 0.3) is 0 Å². The van der Waals surface area contributed by atoms with Crippen LogP contribution in [-0.2, 0) is 24.0 Å². The van der Waals surface area contributed by atoms with E-state index in [0.717, 1.165) is 16.3 Å². The Balaban J connectivity index is 1.44. The molecule has 1 aromatic heterocycles. The molecule has 3 heterocycles. The molecule has 0 atom stereocenters. The summed E-state index contributed by atoms with van der Waals surface area (Å²) in [4.78, 5) is 31.3. The topological polar surface area (TPSA) is 70.9 Å². The van der Waals surface area contributed by atoms with Gasteiger partial charge in [0.05, 0.1) is 30.4 Å². The molecule has 1 fully saturated rings. The molecule has 0 spiro atoms. The number of halogens is 4.